The standard InChI is InChI=1S/C34H44FN3O4S2/c1-22(2)42-33(40)31(15-18-43-4)37-32(39)29-12-6-23(19-30(29)24-7-9-26(35)10-8-24)5-11-27-20-28(21-36-27)44-34(41)25-13-16-38(3)17-14-25/h5-12,19,22,25,27-28,31,36H,13-18,20-21H2,1-4H3,(H,37,39)/t27-,28+,31+/m1/s1. The highest BCUT2D eigenvalue weighted by molar-refractivity contribution is 8.14. The normalized spacial score (nSPS) is 20.2. The van der Waals surface area contributed by atoms with Gasteiger partial charge < -0.3 is 20.3 Å². The lowest BCUT2D eigenvalue weighted by atomic mass is 9.96. The highest BCUT2D eigenvalue weighted by Crippen LogP contribution is 2.30. The van der Waals surface area contributed by atoms with E-state index in [1.54, 1.807) is 43.8 Å². The first-order chi connectivity index (χ1) is 21.1. The fraction of sp³-hybridized carbons (Fsp3) is 0.500. The third-order valence-electron chi connectivity index (χ3n) is 7.98. The van der Waals surface area contributed by atoms with Crippen LogP contribution in [0.5, 0.6) is 0 Å². The van der Waals surface area contributed by atoms with Crippen LogP contribution in [0.4, 0.5) is 4.39 Å². The molecule has 2 aromatic carbocycles. The number of thioether (sulfide) groups is 2. The number of piperidine rings is 1. The summed E-state index contributed by atoms with van der Waals surface area (Å²) in [4.78, 5) is 41.4. The van der Waals surface area contributed by atoms with Crippen LogP contribution in [-0.2, 0) is 14.3 Å². The topological polar surface area (TPSA) is 87.7 Å². The average molecular weight is 642 g/mol. The van der Waals surface area contributed by atoms with Crippen molar-refractivity contribution in [1.82, 2.24) is 15.5 Å². The van der Waals surface area contributed by atoms with E-state index in [0.29, 0.717) is 34.0 Å². The lowest BCUT2D eigenvalue weighted by Gasteiger charge is -2.28. The first-order valence-electron chi connectivity index (χ1n) is 15.3. The van der Waals surface area contributed by atoms with E-state index in [1.165, 1.54) is 23.9 Å². The van der Waals surface area contributed by atoms with Gasteiger partial charge in [0.2, 0.25) is 0 Å². The summed E-state index contributed by atoms with van der Waals surface area (Å²) in [7, 11) is 2.10. The molecule has 7 nitrogen and oxygen atoms in total. The Bertz CT molecular complexity index is 1310. The summed E-state index contributed by atoms with van der Waals surface area (Å²) >= 11 is 3.09. The van der Waals surface area contributed by atoms with E-state index in [1.807, 2.05) is 24.5 Å². The van der Waals surface area contributed by atoms with Gasteiger partial charge in [0.05, 0.1) is 6.10 Å². The average Bonchev–Trinajstić information content (AvgIpc) is 3.45. The first-order valence-corrected chi connectivity index (χ1v) is 17.6. The van der Waals surface area contributed by atoms with Gasteiger partial charge in [-0.3, -0.25) is 9.59 Å². The molecule has 2 N–H and O–H groups in total. The Balaban J connectivity index is 1.47. The molecular formula is C34H44FN3O4S2. The van der Waals surface area contributed by atoms with E-state index in [9.17, 15) is 18.8 Å². The molecule has 0 spiro atoms. The number of hydrogen-bond donors (Lipinski definition) is 2. The number of carbonyl (C=O) groups excluding carboxylic acids is 3. The lowest BCUT2D eigenvalue weighted by Crippen LogP contribution is -2.43. The van der Waals surface area contributed by atoms with Gasteiger partial charge in [-0.15, -0.1) is 0 Å². The largest absolute Gasteiger partial charge is 0.461 e. The maximum Gasteiger partial charge on any atom is 0.328 e. The van der Waals surface area contributed by atoms with Gasteiger partial charge in [-0.2, -0.15) is 11.8 Å². The van der Waals surface area contributed by atoms with Gasteiger partial charge in [-0.1, -0.05) is 42.1 Å². The zero-order valence-electron chi connectivity index (χ0n) is 26.0. The van der Waals surface area contributed by atoms with Gasteiger partial charge in [0.15, 0.2) is 5.12 Å². The maximum atomic E-state index is 13.8. The molecule has 0 saturated carbocycles. The van der Waals surface area contributed by atoms with Crippen molar-refractivity contribution >= 4 is 46.6 Å². The van der Waals surface area contributed by atoms with Gasteiger partial charge in [0.25, 0.3) is 5.91 Å². The van der Waals surface area contributed by atoms with Crippen molar-refractivity contribution < 1.29 is 23.5 Å². The third kappa shape index (κ3) is 9.92. The molecule has 2 saturated heterocycles. The second kappa shape index (κ2) is 16.6. The lowest BCUT2D eigenvalue weighted by molar-refractivity contribution is -0.149. The van der Waals surface area contributed by atoms with Crippen LogP contribution in [0.1, 0.15) is 55.5 Å². The maximum absolute atomic E-state index is 13.8. The summed E-state index contributed by atoms with van der Waals surface area (Å²) < 4.78 is 19.2. The Morgan fingerprint density at radius 3 is 2.55 bits per heavy atom. The zero-order chi connectivity index (χ0) is 31.6. The summed E-state index contributed by atoms with van der Waals surface area (Å²) in [5.74, 6) is -0.364. The van der Waals surface area contributed by atoms with Gasteiger partial charge in [0, 0.05) is 29.3 Å². The molecule has 0 aliphatic carbocycles. The monoisotopic (exact) mass is 641 g/mol. The predicted molar refractivity (Wildman–Crippen MR) is 179 cm³/mol. The minimum Gasteiger partial charge on any atom is -0.461 e. The molecule has 0 radical (unpaired) electrons. The summed E-state index contributed by atoms with van der Waals surface area (Å²) in [6, 6.07) is 10.9. The number of halogens is 1. The van der Waals surface area contributed by atoms with Gasteiger partial charge in [0.1, 0.15) is 11.9 Å². The third-order valence-corrected chi connectivity index (χ3v) is 9.88. The van der Waals surface area contributed by atoms with Crippen molar-refractivity contribution in [1.29, 1.82) is 0 Å². The summed E-state index contributed by atoms with van der Waals surface area (Å²) in [6.07, 6.45) is 8.97. The number of nitrogens with zero attached hydrogens (tertiary/aromatic N) is 1. The molecule has 10 heteroatoms. The van der Waals surface area contributed by atoms with Crippen LogP contribution in [0, 0.1) is 11.7 Å². The van der Waals surface area contributed by atoms with Gasteiger partial charge >= 0.3 is 5.97 Å². The quantitative estimate of drug-likeness (QED) is 0.288. The second-order valence-electron chi connectivity index (χ2n) is 11.9. The Morgan fingerprint density at radius 1 is 1.14 bits per heavy atom. The number of esters is 1. The number of benzene rings is 2. The molecule has 44 heavy (non-hydrogen) atoms. The van der Waals surface area contributed by atoms with Crippen molar-refractivity contribution in [3.63, 3.8) is 0 Å². The van der Waals surface area contributed by atoms with Crippen LogP contribution < -0.4 is 10.6 Å². The zero-order valence-corrected chi connectivity index (χ0v) is 27.6. The smallest absolute Gasteiger partial charge is 0.328 e. The molecule has 2 aliphatic rings. The molecule has 2 heterocycles. The van der Waals surface area contributed by atoms with E-state index < -0.39 is 17.9 Å². The molecule has 2 aliphatic heterocycles. The Labute approximate surface area is 269 Å². The molecule has 2 aromatic rings. The first kappa shape index (κ1) is 34.2. The van der Waals surface area contributed by atoms with Crippen molar-refractivity contribution in [2.24, 2.45) is 5.92 Å². The number of carbonyl (C=O) groups is 3. The molecule has 4 rings (SSSR count). The number of ether oxygens (including phenoxy) is 1. The van der Waals surface area contributed by atoms with Crippen molar-refractivity contribution in [2.75, 3.05) is 38.7 Å². The van der Waals surface area contributed by atoms with Crippen LogP contribution in [0.3, 0.4) is 0 Å². The van der Waals surface area contributed by atoms with E-state index in [4.69, 9.17) is 4.74 Å². The molecule has 2 fully saturated rings. The molecule has 1 amide bonds. The van der Waals surface area contributed by atoms with E-state index in [-0.39, 0.29) is 29.1 Å². The van der Waals surface area contributed by atoms with Crippen molar-refractivity contribution in [3.05, 3.63) is 65.5 Å². The van der Waals surface area contributed by atoms with E-state index in [0.717, 1.165) is 44.5 Å². The molecular weight excluding hydrogens is 598 g/mol. The van der Waals surface area contributed by atoms with Crippen LogP contribution >= 0.6 is 23.5 Å². The predicted octanol–water partition coefficient (Wildman–Crippen LogP) is 5.64. The number of likely N-dealkylation sites (tertiary alicyclic amines) is 1. The second-order valence-corrected chi connectivity index (χ2v) is 14.1. The van der Waals surface area contributed by atoms with Crippen LogP contribution in [0.25, 0.3) is 17.2 Å². The fourth-order valence-electron chi connectivity index (χ4n) is 5.47. The van der Waals surface area contributed by atoms with E-state index >= 15 is 0 Å². The minimum atomic E-state index is -0.774. The van der Waals surface area contributed by atoms with Crippen LogP contribution in [-0.4, -0.2) is 84.0 Å². The number of rotatable bonds is 12. The molecule has 0 unspecified atom stereocenters. The molecule has 238 valence electrons. The summed E-state index contributed by atoms with van der Waals surface area (Å²) in [6.45, 7) is 6.30. The van der Waals surface area contributed by atoms with Gasteiger partial charge in [-0.05, 0) is 113 Å². The molecule has 0 aromatic heterocycles. The highest BCUT2D eigenvalue weighted by Gasteiger charge is 2.30. The molecule has 3 atom stereocenters. The van der Waals surface area contributed by atoms with Crippen LogP contribution in [0.15, 0.2) is 48.5 Å². The van der Waals surface area contributed by atoms with Crippen LogP contribution in [0.2, 0.25) is 0 Å². The van der Waals surface area contributed by atoms with Crippen molar-refractivity contribution in [2.45, 2.75) is 63.0 Å². The Morgan fingerprint density at radius 2 is 1.86 bits per heavy atom. The van der Waals surface area contributed by atoms with Gasteiger partial charge in [-0.25, -0.2) is 9.18 Å². The minimum absolute atomic E-state index is 0.138. The van der Waals surface area contributed by atoms with E-state index in [2.05, 4.69) is 28.7 Å². The number of amides is 1. The van der Waals surface area contributed by atoms with Crippen molar-refractivity contribution in [3.8, 4) is 11.1 Å². The SMILES string of the molecule is CSCC[C@H](NC(=O)c1ccc(C=C[C@@H]2C[C@H](SC(=O)C3CCN(C)CC3)CN2)cc1-c1ccc(F)cc1)C(=O)OC(C)C. The number of hydrogen-bond acceptors (Lipinski definition) is 8. The number of nitrogens with one attached hydrogen (secondary N) is 2. The summed E-state index contributed by atoms with van der Waals surface area (Å²) in [5.41, 5.74) is 2.62. The highest BCUT2D eigenvalue weighted by atomic mass is 32.2. The molecule has 0 bridgehead atoms. The summed E-state index contributed by atoms with van der Waals surface area (Å²) in [5, 5.41) is 6.96. The Kier molecular flexibility index (Phi) is 12.9. The Hall–Kier alpha value is -2.66. The fourth-order valence-corrected chi connectivity index (χ4v) is 7.18.